The summed E-state index contributed by atoms with van der Waals surface area (Å²) < 4.78 is 0. The summed E-state index contributed by atoms with van der Waals surface area (Å²) in [7, 11) is 49.8. The van der Waals surface area contributed by atoms with Gasteiger partial charge in [0.15, 0.2) is 8.07 Å². The van der Waals surface area contributed by atoms with Crippen molar-refractivity contribution < 1.29 is 0 Å². The van der Waals surface area contributed by atoms with Crippen molar-refractivity contribution in [2.24, 2.45) is 0 Å². The van der Waals surface area contributed by atoms with Gasteiger partial charge in [-0.1, -0.05) is 11.1 Å². The van der Waals surface area contributed by atoms with E-state index in [1.807, 2.05) is 0 Å². The van der Waals surface area contributed by atoms with Crippen LogP contribution in [-0.2, 0) is 0 Å². The molecule has 0 amide bonds. The van der Waals surface area contributed by atoms with Gasteiger partial charge in [0, 0.05) is 192 Å². The lowest BCUT2D eigenvalue weighted by Crippen LogP contribution is -2.73. The molecule has 0 fully saturated rings. The van der Waals surface area contributed by atoms with Gasteiger partial charge in [0.05, 0.1) is 51.2 Å². The summed E-state index contributed by atoms with van der Waals surface area (Å²) in [5.74, 6) is 0. The Kier molecular flexibility index (Phi) is 15.2. The fraction of sp³-hybridized carbons (Fsp3) is 0.569. The van der Waals surface area contributed by atoms with E-state index in [9.17, 15) is 0 Å². The molecule has 356 valence electrons. The second-order valence-corrected chi connectivity index (χ2v) is 24.2. The maximum atomic E-state index is 2.49. The van der Waals surface area contributed by atoms with E-state index in [-0.39, 0.29) is 5.54 Å². The Morgan fingerprint density at radius 1 is 0.266 bits per heavy atom. The van der Waals surface area contributed by atoms with Gasteiger partial charge in [-0.15, -0.1) is 0 Å². The SMILES string of the molecule is CC1=C(C)C([Si](c2c(N(C)C)cc(N(C)C)c(N(C)C)c2N(C)C)(c2c(N(C)C)cc(N(C)C)c(N(C)C)c2N(C)C)c2c(N(C)C)cc(N(C)C)c(N(C)C)c2N(C)C)C(C)=C1C. The standard InChI is InChI=1S/C51H88N12Si/c1-32-33(2)35(4)48(34(32)3)64(49-39(55(11)12)29-36(52(5)6)42(58(17)18)45(49)61(23)24,50-40(56(13)14)30-37(53(7)8)43(59(19)20)46(50)62(25)26)51-41(57(15)16)31-38(54(9)10)44(60(21)22)47(51)63(27)28/h29-31,48H,1-28H3. The minimum absolute atomic E-state index is 0.0142. The zero-order chi connectivity index (χ0) is 49.1. The first kappa shape index (κ1) is 51.6. The first-order valence-electron chi connectivity index (χ1n) is 22.5. The second kappa shape index (κ2) is 18.8. The van der Waals surface area contributed by atoms with Gasteiger partial charge in [0.2, 0.25) is 0 Å². The maximum absolute atomic E-state index is 3.75. The van der Waals surface area contributed by atoms with Gasteiger partial charge in [-0.2, -0.15) is 0 Å². The molecule has 4 rings (SSSR count). The normalized spacial score (nSPS) is 13.1. The van der Waals surface area contributed by atoms with Gasteiger partial charge in [-0.3, -0.25) is 0 Å². The monoisotopic (exact) mass is 897 g/mol. The van der Waals surface area contributed by atoms with Crippen LogP contribution < -0.4 is 74.4 Å². The predicted molar refractivity (Wildman–Crippen MR) is 296 cm³/mol. The third kappa shape index (κ3) is 8.26. The molecule has 0 heterocycles. The number of benzene rings is 3. The number of hydrogen-bond donors (Lipinski definition) is 0. The molecule has 64 heavy (non-hydrogen) atoms. The predicted octanol–water partition coefficient (Wildman–Crippen LogP) is 6.01. The summed E-state index contributed by atoms with van der Waals surface area (Å²) in [5, 5.41) is 4.18. The molecular formula is C51H88N12Si. The molecule has 0 saturated heterocycles. The Labute approximate surface area is 392 Å². The number of hydrogen-bond acceptors (Lipinski definition) is 12. The number of anilines is 12. The minimum Gasteiger partial charge on any atom is -0.378 e. The molecule has 0 aromatic heterocycles. The topological polar surface area (TPSA) is 38.9 Å². The van der Waals surface area contributed by atoms with Crippen molar-refractivity contribution >= 4 is 91.9 Å². The van der Waals surface area contributed by atoms with Gasteiger partial charge in [-0.05, 0) is 72.6 Å². The third-order valence-corrected chi connectivity index (χ3v) is 19.1. The minimum atomic E-state index is -3.75. The van der Waals surface area contributed by atoms with Crippen molar-refractivity contribution in [3.63, 3.8) is 0 Å². The van der Waals surface area contributed by atoms with Gasteiger partial charge in [-0.25, -0.2) is 0 Å². The third-order valence-electron chi connectivity index (χ3n) is 13.5. The van der Waals surface area contributed by atoms with E-state index in [2.05, 4.69) is 274 Å². The van der Waals surface area contributed by atoms with Crippen molar-refractivity contribution in [3.05, 3.63) is 40.5 Å². The van der Waals surface area contributed by atoms with E-state index >= 15 is 0 Å². The van der Waals surface area contributed by atoms with Crippen molar-refractivity contribution in [2.75, 3.05) is 228 Å². The van der Waals surface area contributed by atoms with Crippen LogP contribution in [0.15, 0.2) is 40.5 Å². The van der Waals surface area contributed by atoms with E-state index in [1.165, 1.54) is 106 Å². The number of rotatable bonds is 16. The molecule has 0 saturated carbocycles. The molecule has 0 radical (unpaired) electrons. The zero-order valence-electron chi connectivity index (χ0n) is 45.7. The number of allylic oxidation sites excluding steroid dienone is 4. The van der Waals surface area contributed by atoms with E-state index in [0.29, 0.717) is 0 Å². The summed E-state index contributed by atoms with van der Waals surface area (Å²) in [6.07, 6.45) is 0. The zero-order valence-corrected chi connectivity index (χ0v) is 46.7. The van der Waals surface area contributed by atoms with Crippen LogP contribution in [0.3, 0.4) is 0 Å². The van der Waals surface area contributed by atoms with E-state index in [1.54, 1.807) is 0 Å². The quantitative estimate of drug-likeness (QED) is 0.125. The highest BCUT2D eigenvalue weighted by molar-refractivity contribution is 7.17. The summed E-state index contributed by atoms with van der Waals surface area (Å²) in [6, 6.07) is 7.47. The van der Waals surface area contributed by atoms with E-state index < -0.39 is 8.07 Å². The van der Waals surface area contributed by atoms with Gasteiger partial charge in [0.25, 0.3) is 0 Å². The lowest BCUT2D eigenvalue weighted by molar-refractivity contribution is 1.02. The van der Waals surface area contributed by atoms with Gasteiger partial charge < -0.3 is 58.8 Å². The fourth-order valence-corrected chi connectivity index (χ4v) is 18.2. The van der Waals surface area contributed by atoms with Crippen molar-refractivity contribution in [3.8, 4) is 0 Å². The molecule has 0 bridgehead atoms. The van der Waals surface area contributed by atoms with Gasteiger partial charge >= 0.3 is 0 Å². The molecule has 0 atom stereocenters. The molecule has 3 aromatic rings. The van der Waals surface area contributed by atoms with Crippen LogP contribution in [0.2, 0.25) is 5.54 Å². The molecule has 0 aliphatic heterocycles. The molecule has 13 heteroatoms. The molecule has 3 aromatic carbocycles. The van der Waals surface area contributed by atoms with Crippen LogP contribution in [-0.4, -0.2) is 177 Å². The van der Waals surface area contributed by atoms with Crippen LogP contribution >= 0.6 is 0 Å². The highest BCUT2D eigenvalue weighted by Crippen LogP contribution is 2.55. The van der Waals surface area contributed by atoms with Crippen LogP contribution in [0.4, 0.5) is 68.2 Å². The average Bonchev–Trinajstić information content (AvgIpc) is 3.37. The first-order valence-corrected chi connectivity index (χ1v) is 24.6. The molecule has 1 aliphatic rings. The molecular weight excluding hydrogens is 809 g/mol. The van der Waals surface area contributed by atoms with Crippen molar-refractivity contribution in [2.45, 2.75) is 33.2 Å². The second-order valence-electron chi connectivity index (χ2n) is 20.6. The highest BCUT2D eigenvalue weighted by atomic mass is 28.3. The summed E-state index contributed by atoms with van der Waals surface area (Å²) >= 11 is 0. The summed E-state index contributed by atoms with van der Waals surface area (Å²) in [5.41, 5.74) is 20.2. The molecule has 12 nitrogen and oxygen atoms in total. The molecule has 0 N–H and O–H groups in total. The lowest BCUT2D eigenvalue weighted by Gasteiger charge is -2.51. The fourth-order valence-electron chi connectivity index (χ4n) is 10.6. The van der Waals surface area contributed by atoms with Gasteiger partial charge in [0.1, 0.15) is 0 Å². The molecule has 1 aliphatic carbocycles. The Morgan fingerprint density at radius 2 is 0.453 bits per heavy atom. The Bertz CT molecular complexity index is 2040. The highest BCUT2D eigenvalue weighted by Gasteiger charge is 2.59. The Morgan fingerprint density at radius 3 is 0.609 bits per heavy atom. The van der Waals surface area contributed by atoms with Crippen molar-refractivity contribution in [1.82, 2.24) is 0 Å². The van der Waals surface area contributed by atoms with Crippen LogP contribution in [0.25, 0.3) is 0 Å². The largest absolute Gasteiger partial charge is 0.378 e. The lowest BCUT2D eigenvalue weighted by atomic mass is 10.1. The van der Waals surface area contributed by atoms with Crippen LogP contribution in [0.1, 0.15) is 27.7 Å². The molecule has 0 spiro atoms. The Balaban J connectivity index is 2.97. The molecule has 0 unspecified atom stereocenters. The van der Waals surface area contributed by atoms with E-state index in [0.717, 1.165) is 0 Å². The first-order chi connectivity index (χ1) is 29.4. The number of nitrogens with zero attached hydrogens (tertiary/aromatic N) is 12. The van der Waals surface area contributed by atoms with Crippen LogP contribution in [0, 0.1) is 0 Å². The average molecular weight is 897 g/mol. The van der Waals surface area contributed by atoms with Crippen molar-refractivity contribution in [1.29, 1.82) is 0 Å². The Hall–Kier alpha value is -5.04. The summed E-state index contributed by atoms with van der Waals surface area (Å²) in [4.78, 5) is 28.4. The van der Waals surface area contributed by atoms with E-state index in [4.69, 9.17) is 0 Å². The maximum Gasteiger partial charge on any atom is 0.175 e. The smallest absolute Gasteiger partial charge is 0.175 e. The van der Waals surface area contributed by atoms with Crippen LogP contribution in [0.5, 0.6) is 0 Å². The summed E-state index contributed by atoms with van der Waals surface area (Å²) in [6.45, 7) is 9.64.